The number of rotatable bonds is 6. The van der Waals surface area contributed by atoms with Crippen molar-refractivity contribution in [2.75, 3.05) is 0 Å². The second-order valence-corrected chi connectivity index (χ2v) is 5.14. The molecule has 0 unspecified atom stereocenters. The number of hydrogen-bond donors (Lipinski definition) is 1. The van der Waals surface area contributed by atoms with Crippen LogP contribution >= 0.6 is 0 Å². The van der Waals surface area contributed by atoms with E-state index in [0.717, 1.165) is 19.5 Å². The van der Waals surface area contributed by atoms with Gasteiger partial charge in [0.1, 0.15) is 0 Å². The average molecular weight is 235 g/mol. The summed E-state index contributed by atoms with van der Waals surface area (Å²) in [4.78, 5) is 0. The van der Waals surface area contributed by atoms with Gasteiger partial charge in [0.2, 0.25) is 0 Å². The normalized spacial score (nSPS) is 18.1. The van der Waals surface area contributed by atoms with E-state index in [2.05, 4.69) is 41.9 Å². The molecule has 0 amide bonds. The maximum atomic E-state index is 4.59. The van der Waals surface area contributed by atoms with E-state index < -0.39 is 0 Å². The standard InChI is InChI=1S/C14H25N3/c1-4-12-10-13(17(6-3)16-12)11-15-14(5-2)8-7-9-14/h10,15H,4-9,11H2,1-3H3. The molecule has 17 heavy (non-hydrogen) atoms. The molecule has 0 aliphatic heterocycles. The molecule has 3 nitrogen and oxygen atoms in total. The maximum Gasteiger partial charge on any atom is 0.0625 e. The van der Waals surface area contributed by atoms with Gasteiger partial charge in [-0.2, -0.15) is 5.10 Å². The molecule has 1 heterocycles. The summed E-state index contributed by atoms with van der Waals surface area (Å²) < 4.78 is 2.13. The van der Waals surface area contributed by atoms with Gasteiger partial charge in [-0.1, -0.05) is 13.8 Å². The Balaban J connectivity index is 2.00. The lowest BCUT2D eigenvalue weighted by Crippen LogP contribution is -2.50. The van der Waals surface area contributed by atoms with Crippen molar-refractivity contribution < 1.29 is 0 Å². The molecular weight excluding hydrogens is 210 g/mol. The fourth-order valence-electron chi connectivity index (χ4n) is 2.64. The van der Waals surface area contributed by atoms with Crippen LogP contribution < -0.4 is 5.32 Å². The summed E-state index contributed by atoms with van der Waals surface area (Å²) in [7, 11) is 0. The minimum atomic E-state index is 0.426. The lowest BCUT2D eigenvalue weighted by Gasteiger charge is -2.42. The Hall–Kier alpha value is -0.830. The number of nitrogens with zero attached hydrogens (tertiary/aromatic N) is 2. The molecular formula is C14H25N3. The molecule has 0 saturated heterocycles. The molecule has 1 saturated carbocycles. The first-order chi connectivity index (χ1) is 8.23. The van der Waals surface area contributed by atoms with Crippen LogP contribution in [0.1, 0.15) is 57.8 Å². The molecule has 1 aliphatic carbocycles. The Kier molecular flexibility index (Phi) is 3.87. The Morgan fingerprint density at radius 2 is 2.12 bits per heavy atom. The van der Waals surface area contributed by atoms with Crippen LogP contribution in [0.2, 0.25) is 0 Å². The highest BCUT2D eigenvalue weighted by Crippen LogP contribution is 2.34. The van der Waals surface area contributed by atoms with Crippen molar-refractivity contribution in [3.05, 3.63) is 17.5 Å². The van der Waals surface area contributed by atoms with Crippen molar-refractivity contribution in [2.24, 2.45) is 0 Å². The third-order valence-electron chi connectivity index (χ3n) is 4.21. The van der Waals surface area contributed by atoms with E-state index in [4.69, 9.17) is 0 Å². The van der Waals surface area contributed by atoms with Gasteiger partial charge < -0.3 is 5.32 Å². The van der Waals surface area contributed by atoms with E-state index in [1.165, 1.54) is 37.1 Å². The molecule has 0 aromatic carbocycles. The van der Waals surface area contributed by atoms with Crippen LogP contribution in [-0.4, -0.2) is 15.3 Å². The average Bonchev–Trinajstić information content (AvgIpc) is 2.71. The second-order valence-electron chi connectivity index (χ2n) is 5.14. The Morgan fingerprint density at radius 1 is 1.35 bits per heavy atom. The molecule has 0 spiro atoms. The molecule has 1 aliphatic rings. The van der Waals surface area contributed by atoms with Gasteiger partial charge in [0.15, 0.2) is 0 Å². The number of aryl methyl sites for hydroxylation is 2. The van der Waals surface area contributed by atoms with Crippen LogP contribution in [0, 0.1) is 0 Å². The smallest absolute Gasteiger partial charge is 0.0625 e. The van der Waals surface area contributed by atoms with Gasteiger partial charge in [-0.15, -0.1) is 0 Å². The first-order valence-electron chi connectivity index (χ1n) is 7.03. The largest absolute Gasteiger partial charge is 0.306 e. The zero-order chi connectivity index (χ0) is 12.3. The minimum absolute atomic E-state index is 0.426. The van der Waals surface area contributed by atoms with Crippen LogP contribution in [0.5, 0.6) is 0 Å². The Bertz CT molecular complexity index is 358. The van der Waals surface area contributed by atoms with Crippen molar-refractivity contribution in [3.8, 4) is 0 Å². The quantitative estimate of drug-likeness (QED) is 0.821. The van der Waals surface area contributed by atoms with Gasteiger partial charge in [0.25, 0.3) is 0 Å². The summed E-state index contributed by atoms with van der Waals surface area (Å²) in [6, 6.07) is 2.25. The van der Waals surface area contributed by atoms with Crippen LogP contribution in [0.25, 0.3) is 0 Å². The molecule has 0 bridgehead atoms. The van der Waals surface area contributed by atoms with E-state index in [1.54, 1.807) is 0 Å². The van der Waals surface area contributed by atoms with Crippen molar-refractivity contribution in [1.29, 1.82) is 0 Å². The zero-order valence-corrected chi connectivity index (χ0v) is 11.4. The van der Waals surface area contributed by atoms with Gasteiger partial charge in [-0.3, -0.25) is 4.68 Å². The lowest BCUT2D eigenvalue weighted by atomic mass is 9.75. The molecule has 0 atom stereocenters. The summed E-state index contributed by atoms with van der Waals surface area (Å²) in [5.41, 5.74) is 2.97. The molecule has 1 aromatic heterocycles. The van der Waals surface area contributed by atoms with E-state index in [0.29, 0.717) is 5.54 Å². The highest BCUT2D eigenvalue weighted by molar-refractivity contribution is 5.11. The Labute approximate surface area is 105 Å². The molecule has 1 N–H and O–H groups in total. The molecule has 96 valence electrons. The molecule has 1 aromatic rings. The van der Waals surface area contributed by atoms with Crippen LogP contribution in [0.15, 0.2) is 6.07 Å². The fourth-order valence-corrected chi connectivity index (χ4v) is 2.64. The molecule has 2 rings (SSSR count). The predicted octanol–water partition coefficient (Wildman–Crippen LogP) is 2.89. The van der Waals surface area contributed by atoms with Gasteiger partial charge in [0.05, 0.1) is 11.4 Å². The first kappa shape index (κ1) is 12.6. The predicted molar refractivity (Wildman–Crippen MR) is 71.0 cm³/mol. The van der Waals surface area contributed by atoms with Crippen LogP contribution in [-0.2, 0) is 19.5 Å². The topological polar surface area (TPSA) is 29.9 Å². The summed E-state index contributed by atoms with van der Waals surface area (Å²) in [6.45, 7) is 8.56. The van der Waals surface area contributed by atoms with E-state index >= 15 is 0 Å². The third kappa shape index (κ3) is 2.54. The molecule has 1 fully saturated rings. The fraction of sp³-hybridized carbons (Fsp3) is 0.786. The van der Waals surface area contributed by atoms with Gasteiger partial charge in [0, 0.05) is 18.6 Å². The van der Waals surface area contributed by atoms with Crippen molar-refractivity contribution >= 4 is 0 Å². The third-order valence-corrected chi connectivity index (χ3v) is 4.21. The van der Waals surface area contributed by atoms with Crippen LogP contribution in [0.4, 0.5) is 0 Å². The zero-order valence-electron chi connectivity index (χ0n) is 11.4. The highest BCUT2D eigenvalue weighted by atomic mass is 15.3. The maximum absolute atomic E-state index is 4.59. The Morgan fingerprint density at radius 3 is 2.59 bits per heavy atom. The summed E-state index contributed by atoms with van der Waals surface area (Å²) in [6.07, 6.45) is 6.33. The molecule has 3 heteroatoms. The first-order valence-corrected chi connectivity index (χ1v) is 7.03. The second kappa shape index (κ2) is 5.21. The van der Waals surface area contributed by atoms with E-state index in [-0.39, 0.29) is 0 Å². The minimum Gasteiger partial charge on any atom is -0.306 e. The highest BCUT2D eigenvalue weighted by Gasteiger charge is 2.34. The van der Waals surface area contributed by atoms with Crippen molar-refractivity contribution in [1.82, 2.24) is 15.1 Å². The van der Waals surface area contributed by atoms with Gasteiger partial charge in [-0.25, -0.2) is 0 Å². The SMILES string of the molecule is CCc1cc(CNC2(CC)CCC2)n(CC)n1. The molecule has 0 radical (unpaired) electrons. The van der Waals surface area contributed by atoms with E-state index in [9.17, 15) is 0 Å². The summed E-state index contributed by atoms with van der Waals surface area (Å²) >= 11 is 0. The van der Waals surface area contributed by atoms with Crippen LogP contribution in [0.3, 0.4) is 0 Å². The summed E-state index contributed by atoms with van der Waals surface area (Å²) in [5.74, 6) is 0. The lowest BCUT2D eigenvalue weighted by molar-refractivity contribution is 0.174. The number of nitrogens with one attached hydrogen (secondary N) is 1. The number of aromatic nitrogens is 2. The number of hydrogen-bond acceptors (Lipinski definition) is 2. The van der Waals surface area contributed by atoms with Crippen molar-refractivity contribution in [3.63, 3.8) is 0 Å². The van der Waals surface area contributed by atoms with Gasteiger partial charge >= 0.3 is 0 Å². The monoisotopic (exact) mass is 235 g/mol. The van der Waals surface area contributed by atoms with Gasteiger partial charge in [-0.05, 0) is 45.1 Å². The van der Waals surface area contributed by atoms with Crippen molar-refractivity contribution in [2.45, 2.75) is 71.5 Å². The summed E-state index contributed by atoms with van der Waals surface area (Å²) in [5, 5.41) is 8.34. The van der Waals surface area contributed by atoms with E-state index in [1.807, 2.05) is 0 Å².